The monoisotopic (exact) mass is 387 g/mol. The molecule has 0 radical (unpaired) electrons. The smallest absolute Gasteiger partial charge is 0.355 e. The van der Waals surface area contributed by atoms with Crippen LogP contribution in [0.25, 0.3) is 0 Å². The fourth-order valence-electron chi connectivity index (χ4n) is 2.35. The molecule has 0 bridgehead atoms. The molecule has 1 amide bonds. The molecule has 6 nitrogen and oxygen atoms in total. The van der Waals surface area contributed by atoms with Crippen LogP contribution in [0, 0.1) is 0 Å². The number of nitrogen functional groups attached to an aromatic ring is 1. The molecule has 0 fully saturated rings. The number of nitrogens with two attached hydrogens (primary N) is 1. The van der Waals surface area contributed by atoms with Crippen molar-refractivity contribution >= 4 is 17.7 Å². The first kappa shape index (κ1) is 20.1. The molecule has 1 heterocycles. The van der Waals surface area contributed by atoms with Gasteiger partial charge in [-0.3, -0.25) is 4.79 Å². The summed E-state index contributed by atoms with van der Waals surface area (Å²) >= 11 is 0.823. The number of nitrogens with zero attached hydrogens (tertiary/aromatic N) is 3. The first-order valence-electron chi connectivity index (χ1n) is 8.01. The van der Waals surface area contributed by atoms with Crippen molar-refractivity contribution in [2.24, 2.45) is 0 Å². The quantitative estimate of drug-likeness (QED) is 0.564. The largest absolute Gasteiger partial charge is 0.453 e. The Labute approximate surface area is 153 Å². The van der Waals surface area contributed by atoms with E-state index < -0.39 is 17.3 Å². The Morgan fingerprint density at radius 1 is 1.31 bits per heavy atom. The molecule has 26 heavy (non-hydrogen) atoms. The fraction of sp³-hybridized carbons (Fsp3) is 0.438. The van der Waals surface area contributed by atoms with Crippen molar-refractivity contribution in [3.05, 3.63) is 41.7 Å². The SMILES string of the molecule is CC[C@H](CNC(=O)[C@H](C)Sc1nnc(C(F)(F)F)n1N)c1ccccc1. The van der Waals surface area contributed by atoms with Crippen molar-refractivity contribution in [1.29, 1.82) is 0 Å². The number of hydrogen-bond acceptors (Lipinski definition) is 5. The standard InChI is InChI=1S/C16H20F3N5OS/c1-3-11(12-7-5-4-6-8-12)9-21-13(25)10(2)26-15-23-22-14(24(15)20)16(17,18)19/h4-8,10-11H,3,9,20H2,1-2H3,(H,21,25)/t10-,11+/m0/s1. The third kappa shape index (κ3) is 4.90. The zero-order valence-corrected chi connectivity index (χ0v) is 15.1. The molecule has 0 aliphatic carbocycles. The first-order valence-corrected chi connectivity index (χ1v) is 8.89. The molecule has 142 valence electrons. The zero-order valence-electron chi connectivity index (χ0n) is 14.3. The number of amides is 1. The molecule has 1 aromatic carbocycles. The predicted octanol–water partition coefficient (Wildman–Crippen LogP) is 2.80. The number of hydrogen-bond donors (Lipinski definition) is 2. The fourth-order valence-corrected chi connectivity index (χ4v) is 3.15. The van der Waals surface area contributed by atoms with Gasteiger partial charge in [0.25, 0.3) is 5.82 Å². The van der Waals surface area contributed by atoms with Gasteiger partial charge in [0.15, 0.2) is 0 Å². The predicted molar refractivity (Wildman–Crippen MR) is 93.0 cm³/mol. The van der Waals surface area contributed by atoms with Crippen LogP contribution in [0.5, 0.6) is 0 Å². The van der Waals surface area contributed by atoms with E-state index in [0.717, 1.165) is 23.7 Å². The van der Waals surface area contributed by atoms with E-state index in [0.29, 0.717) is 11.2 Å². The van der Waals surface area contributed by atoms with Crippen LogP contribution in [-0.4, -0.2) is 32.6 Å². The Morgan fingerprint density at radius 2 is 1.96 bits per heavy atom. The maximum atomic E-state index is 12.7. The van der Waals surface area contributed by atoms with Crippen LogP contribution in [0.3, 0.4) is 0 Å². The minimum absolute atomic E-state index is 0.160. The lowest BCUT2D eigenvalue weighted by Crippen LogP contribution is -2.34. The second-order valence-corrected chi connectivity index (χ2v) is 7.00. The van der Waals surface area contributed by atoms with Gasteiger partial charge in [0.05, 0.1) is 5.25 Å². The summed E-state index contributed by atoms with van der Waals surface area (Å²) < 4.78 is 38.4. The molecule has 0 aliphatic rings. The minimum Gasteiger partial charge on any atom is -0.355 e. The van der Waals surface area contributed by atoms with Crippen molar-refractivity contribution in [2.45, 2.75) is 42.8 Å². The Hall–Kier alpha value is -2.23. The third-order valence-corrected chi connectivity index (χ3v) is 4.91. The van der Waals surface area contributed by atoms with Gasteiger partial charge in [0.2, 0.25) is 11.1 Å². The molecule has 0 spiro atoms. The highest BCUT2D eigenvalue weighted by atomic mass is 32.2. The minimum atomic E-state index is -4.70. The molecule has 3 N–H and O–H groups in total. The van der Waals surface area contributed by atoms with E-state index in [1.165, 1.54) is 0 Å². The molecule has 2 atom stereocenters. The van der Waals surface area contributed by atoms with Gasteiger partial charge in [-0.05, 0) is 18.9 Å². The van der Waals surface area contributed by atoms with Gasteiger partial charge >= 0.3 is 6.18 Å². The van der Waals surface area contributed by atoms with Gasteiger partial charge in [0.1, 0.15) is 0 Å². The van der Waals surface area contributed by atoms with Crippen molar-refractivity contribution in [3.63, 3.8) is 0 Å². The number of nitrogens with one attached hydrogen (secondary N) is 1. The maximum Gasteiger partial charge on any atom is 0.453 e. The van der Waals surface area contributed by atoms with Crippen LogP contribution in [0.15, 0.2) is 35.5 Å². The summed E-state index contributed by atoms with van der Waals surface area (Å²) in [6.45, 7) is 4.04. The summed E-state index contributed by atoms with van der Waals surface area (Å²) in [6, 6.07) is 9.78. The Kier molecular flexibility index (Phi) is 6.52. The maximum absolute atomic E-state index is 12.7. The second kappa shape index (κ2) is 8.43. The molecule has 1 aromatic heterocycles. The van der Waals surface area contributed by atoms with Crippen molar-refractivity contribution in [1.82, 2.24) is 20.2 Å². The number of carbonyl (C=O) groups excluding carboxylic acids is 1. The molecule has 10 heteroatoms. The van der Waals surface area contributed by atoms with Crippen LogP contribution in [0.4, 0.5) is 13.2 Å². The number of halogens is 3. The van der Waals surface area contributed by atoms with E-state index in [4.69, 9.17) is 5.84 Å². The van der Waals surface area contributed by atoms with E-state index in [9.17, 15) is 18.0 Å². The summed E-state index contributed by atoms with van der Waals surface area (Å²) in [4.78, 5) is 12.3. The van der Waals surface area contributed by atoms with Crippen molar-refractivity contribution < 1.29 is 18.0 Å². The summed E-state index contributed by atoms with van der Waals surface area (Å²) in [6.07, 6.45) is -3.85. The van der Waals surface area contributed by atoms with E-state index in [2.05, 4.69) is 15.5 Å². The number of benzene rings is 1. The third-order valence-electron chi connectivity index (χ3n) is 3.86. The molecule has 0 unspecified atom stereocenters. The van der Waals surface area contributed by atoms with Crippen LogP contribution < -0.4 is 11.2 Å². The second-order valence-electron chi connectivity index (χ2n) is 5.70. The Bertz CT molecular complexity index is 735. The summed E-state index contributed by atoms with van der Waals surface area (Å²) in [5.41, 5.74) is 1.12. The average Bonchev–Trinajstić information content (AvgIpc) is 2.97. The highest BCUT2D eigenvalue weighted by Crippen LogP contribution is 2.30. The number of alkyl halides is 3. The van der Waals surface area contributed by atoms with E-state index in [-0.39, 0.29) is 17.0 Å². The van der Waals surface area contributed by atoms with Gasteiger partial charge in [-0.15, -0.1) is 10.2 Å². The number of thioether (sulfide) groups is 1. The van der Waals surface area contributed by atoms with Gasteiger partial charge in [0, 0.05) is 12.5 Å². The molecule has 2 aromatic rings. The molecule has 0 saturated heterocycles. The molecule has 0 saturated carbocycles. The van der Waals surface area contributed by atoms with Crippen LogP contribution in [0.2, 0.25) is 0 Å². The van der Waals surface area contributed by atoms with Gasteiger partial charge in [-0.25, -0.2) is 4.68 Å². The lowest BCUT2D eigenvalue weighted by atomic mass is 9.96. The molecular weight excluding hydrogens is 367 g/mol. The Balaban J connectivity index is 1.95. The van der Waals surface area contributed by atoms with Crippen molar-refractivity contribution in [3.8, 4) is 0 Å². The first-order chi connectivity index (χ1) is 12.2. The summed E-state index contributed by atoms with van der Waals surface area (Å²) in [5, 5.41) is 8.44. The van der Waals surface area contributed by atoms with E-state index in [1.807, 2.05) is 37.3 Å². The number of carbonyl (C=O) groups is 1. The summed E-state index contributed by atoms with van der Waals surface area (Å²) in [5.74, 6) is 3.93. The van der Waals surface area contributed by atoms with Crippen LogP contribution in [0.1, 0.15) is 37.6 Å². The molecule has 2 rings (SSSR count). The highest BCUT2D eigenvalue weighted by Gasteiger charge is 2.38. The summed E-state index contributed by atoms with van der Waals surface area (Å²) in [7, 11) is 0. The van der Waals surface area contributed by atoms with Gasteiger partial charge in [-0.2, -0.15) is 13.2 Å². The van der Waals surface area contributed by atoms with Crippen molar-refractivity contribution in [2.75, 3.05) is 12.4 Å². The highest BCUT2D eigenvalue weighted by molar-refractivity contribution is 8.00. The lowest BCUT2D eigenvalue weighted by Gasteiger charge is -2.18. The Morgan fingerprint density at radius 3 is 2.50 bits per heavy atom. The molecular formula is C16H20F3N5OS. The number of rotatable bonds is 7. The lowest BCUT2D eigenvalue weighted by molar-refractivity contribution is -0.146. The number of aromatic nitrogens is 3. The topological polar surface area (TPSA) is 85.8 Å². The van der Waals surface area contributed by atoms with E-state index in [1.54, 1.807) is 6.92 Å². The van der Waals surface area contributed by atoms with E-state index >= 15 is 0 Å². The van der Waals surface area contributed by atoms with Crippen LogP contribution >= 0.6 is 11.8 Å². The van der Waals surface area contributed by atoms with Crippen LogP contribution in [-0.2, 0) is 11.0 Å². The normalized spacial score (nSPS) is 14.0. The van der Waals surface area contributed by atoms with Gasteiger partial charge in [-0.1, -0.05) is 49.0 Å². The zero-order chi connectivity index (χ0) is 19.3. The average molecular weight is 387 g/mol. The molecule has 0 aliphatic heterocycles. The van der Waals surface area contributed by atoms with Gasteiger partial charge < -0.3 is 11.2 Å².